The smallest absolute Gasteiger partial charge is 0.335 e. The summed E-state index contributed by atoms with van der Waals surface area (Å²) in [5, 5.41) is 8.94. The Morgan fingerprint density at radius 3 is 2.39 bits per heavy atom. The van der Waals surface area contributed by atoms with Crippen molar-refractivity contribution < 1.29 is 23.8 Å². The maximum atomic E-state index is 13.1. The van der Waals surface area contributed by atoms with E-state index in [-0.39, 0.29) is 17.3 Å². The van der Waals surface area contributed by atoms with Crippen LogP contribution in [0.3, 0.4) is 0 Å². The second-order valence-corrected chi connectivity index (χ2v) is 6.37. The van der Waals surface area contributed by atoms with Gasteiger partial charge in [0.2, 0.25) is 0 Å². The highest BCUT2D eigenvalue weighted by atomic mass is 19.1. The quantitative estimate of drug-likeness (QED) is 0.627. The van der Waals surface area contributed by atoms with Crippen LogP contribution in [-0.2, 0) is 16.1 Å². The molecule has 0 saturated carbocycles. The molecule has 0 amide bonds. The maximum Gasteiger partial charge on any atom is 0.335 e. The van der Waals surface area contributed by atoms with Gasteiger partial charge in [0.15, 0.2) is 0 Å². The minimum absolute atomic E-state index is 0.240. The van der Waals surface area contributed by atoms with Gasteiger partial charge in [-0.2, -0.15) is 0 Å². The molecule has 1 N–H and O–H groups in total. The van der Waals surface area contributed by atoms with Crippen molar-refractivity contribution in [1.29, 1.82) is 0 Å². The fraction of sp³-hybridized carbons (Fsp3) is 0.273. The van der Waals surface area contributed by atoms with Gasteiger partial charge in [0.25, 0.3) is 0 Å². The van der Waals surface area contributed by atoms with Crippen molar-refractivity contribution in [1.82, 2.24) is 4.90 Å². The number of carbonyl (C=O) groups is 2. The Hall–Kier alpha value is -2.99. The number of carboxylic acid groups (broad SMARTS) is 1. The predicted molar refractivity (Wildman–Crippen MR) is 105 cm³/mol. The molecule has 0 bridgehead atoms. The van der Waals surface area contributed by atoms with Crippen LogP contribution in [0.4, 0.5) is 4.39 Å². The lowest BCUT2D eigenvalue weighted by atomic mass is 10.1. The molecule has 0 atom stereocenters. The van der Waals surface area contributed by atoms with E-state index in [1.807, 2.05) is 12.2 Å². The lowest BCUT2D eigenvalue weighted by Gasteiger charge is -2.20. The van der Waals surface area contributed by atoms with E-state index in [2.05, 4.69) is 9.64 Å². The van der Waals surface area contributed by atoms with Crippen LogP contribution in [0.15, 0.2) is 54.6 Å². The highest BCUT2D eigenvalue weighted by Crippen LogP contribution is 2.10. The Kier molecular flexibility index (Phi) is 8.37. The minimum atomic E-state index is -0.952. The first kappa shape index (κ1) is 21.3. The second kappa shape index (κ2) is 11.0. The first-order valence-electron chi connectivity index (χ1n) is 9.01. The average Bonchev–Trinajstić information content (AvgIpc) is 2.69. The zero-order chi connectivity index (χ0) is 20.4. The van der Waals surface area contributed by atoms with Crippen molar-refractivity contribution in [2.75, 3.05) is 20.2 Å². The lowest BCUT2D eigenvalue weighted by molar-refractivity contribution is -0.140. The molecule has 0 aliphatic rings. The molecule has 0 unspecified atom stereocenters. The molecule has 0 fully saturated rings. The molecule has 2 rings (SSSR count). The molecule has 6 heteroatoms. The Labute approximate surface area is 164 Å². The summed E-state index contributed by atoms with van der Waals surface area (Å²) >= 11 is 0. The normalized spacial score (nSPS) is 11.1. The average molecular weight is 385 g/mol. The van der Waals surface area contributed by atoms with E-state index >= 15 is 0 Å². The van der Waals surface area contributed by atoms with Gasteiger partial charge in [0, 0.05) is 19.5 Å². The van der Waals surface area contributed by atoms with E-state index in [1.54, 1.807) is 36.4 Å². The number of benzene rings is 2. The standard InChI is InChI=1S/C22H24FNO4/c1-28-21(25)5-3-15-24(16-18-8-12-20(23)13-9-18)14-2-4-17-6-10-19(11-7-17)22(26)27/h2,4,6-13H,3,5,14-16H2,1H3,(H,26,27)/b4-2+. The summed E-state index contributed by atoms with van der Waals surface area (Å²) in [4.78, 5) is 24.4. The van der Waals surface area contributed by atoms with Crippen molar-refractivity contribution in [3.05, 3.63) is 77.1 Å². The summed E-state index contributed by atoms with van der Waals surface area (Å²) in [6, 6.07) is 13.0. The fourth-order valence-electron chi connectivity index (χ4n) is 2.71. The van der Waals surface area contributed by atoms with Gasteiger partial charge in [-0.25, -0.2) is 9.18 Å². The van der Waals surface area contributed by atoms with Crippen LogP contribution in [0.25, 0.3) is 6.08 Å². The Balaban J connectivity index is 1.97. The highest BCUT2D eigenvalue weighted by Gasteiger charge is 2.07. The van der Waals surface area contributed by atoms with Gasteiger partial charge in [-0.1, -0.05) is 36.4 Å². The van der Waals surface area contributed by atoms with Crippen LogP contribution in [0.5, 0.6) is 0 Å². The molecule has 148 valence electrons. The van der Waals surface area contributed by atoms with E-state index in [0.717, 1.165) is 11.1 Å². The number of hydrogen-bond donors (Lipinski definition) is 1. The van der Waals surface area contributed by atoms with Crippen molar-refractivity contribution in [3.8, 4) is 0 Å². The Morgan fingerprint density at radius 1 is 1.11 bits per heavy atom. The van der Waals surface area contributed by atoms with Gasteiger partial charge in [0.05, 0.1) is 12.7 Å². The van der Waals surface area contributed by atoms with Crippen molar-refractivity contribution in [2.24, 2.45) is 0 Å². The summed E-state index contributed by atoms with van der Waals surface area (Å²) in [5.41, 5.74) is 2.14. The molecular formula is C22H24FNO4. The zero-order valence-electron chi connectivity index (χ0n) is 15.8. The molecule has 0 aromatic heterocycles. The number of hydrogen-bond acceptors (Lipinski definition) is 4. The molecule has 28 heavy (non-hydrogen) atoms. The van der Waals surface area contributed by atoms with Gasteiger partial charge >= 0.3 is 11.9 Å². The van der Waals surface area contributed by atoms with Crippen LogP contribution in [0.1, 0.15) is 34.3 Å². The summed E-state index contributed by atoms with van der Waals surface area (Å²) in [5.74, 6) is -1.46. The molecule has 0 spiro atoms. The van der Waals surface area contributed by atoms with E-state index in [1.165, 1.54) is 19.2 Å². The van der Waals surface area contributed by atoms with E-state index < -0.39 is 5.97 Å². The number of nitrogens with zero attached hydrogens (tertiary/aromatic N) is 1. The molecule has 2 aromatic carbocycles. The number of ether oxygens (including phenoxy) is 1. The summed E-state index contributed by atoms with van der Waals surface area (Å²) in [7, 11) is 1.37. The van der Waals surface area contributed by atoms with Crippen molar-refractivity contribution in [3.63, 3.8) is 0 Å². The molecule has 2 aromatic rings. The van der Waals surface area contributed by atoms with Crippen LogP contribution in [0.2, 0.25) is 0 Å². The lowest BCUT2D eigenvalue weighted by Crippen LogP contribution is -2.25. The molecule has 0 saturated heterocycles. The largest absolute Gasteiger partial charge is 0.478 e. The van der Waals surface area contributed by atoms with Gasteiger partial charge in [0.1, 0.15) is 5.82 Å². The molecule has 0 aliphatic heterocycles. The van der Waals surface area contributed by atoms with Gasteiger partial charge < -0.3 is 9.84 Å². The highest BCUT2D eigenvalue weighted by molar-refractivity contribution is 5.87. The molecule has 0 heterocycles. The van der Waals surface area contributed by atoms with Crippen LogP contribution in [0, 0.1) is 5.82 Å². The van der Waals surface area contributed by atoms with Crippen LogP contribution in [-0.4, -0.2) is 42.1 Å². The third-order valence-electron chi connectivity index (χ3n) is 4.23. The van der Waals surface area contributed by atoms with Gasteiger partial charge in [-0.15, -0.1) is 0 Å². The number of esters is 1. The number of carbonyl (C=O) groups excluding carboxylic acids is 1. The van der Waals surface area contributed by atoms with Crippen LogP contribution >= 0.6 is 0 Å². The number of rotatable bonds is 10. The van der Waals surface area contributed by atoms with Gasteiger partial charge in [-0.05, 0) is 48.4 Å². The van der Waals surface area contributed by atoms with Crippen molar-refractivity contribution >= 4 is 18.0 Å². The number of methoxy groups -OCH3 is 1. The SMILES string of the molecule is COC(=O)CCCN(C/C=C/c1ccc(C(=O)O)cc1)Cc1ccc(F)cc1. The fourth-order valence-corrected chi connectivity index (χ4v) is 2.71. The van der Waals surface area contributed by atoms with E-state index in [0.29, 0.717) is 32.5 Å². The third kappa shape index (κ3) is 7.32. The van der Waals surface area contributed by atoms with Crippen molar-refractivity contribution in [2.45, 2.75) is 19.4 Å². The third-order valence-corrected chi connectivity index (χ3v) is 4.23. The molecular weight excluding hydrogens is 361 g/mol. The molecule has 0 aliphatic carbocycles. The topological polar surface area (TPSA) is 66.8 Å². The number of carboxylic acids is 1. The minimum Gasteiger partial charge on any atom is -0.478 e. The Morgan fingerprint density at radius 2 is 1.79 bits per heavy atom. The maximum absolute atomic E-state index is 13.1. The summed E-state index contributed by atoms with van der Waals surface area (Å²) < 4.78 is 17.8. The first-order valence-corrected chi connectivity index (χ1v) is 9.01. The van der Waals surface area contributed by atoms with E-state index in [9.17, 15) is 14.0 Å². The van der Waals surface area contributed by atoms with E-state index in [4.69, 9.17) is 5.11 Å². The Bertz CT molecular complexity index is 800. The monoisotopic (exact) mass is 385 g/mol. The number of aromatic carboxylic acids is 1. The number of halogens is 1. The second-order valence-electron chi connectivity index (χ2n) is 6.37. The van der Waals surface area contributed by atoms with Crippen LogP contribution < -0.4 is 0 Å². The summed E-state index contributed by atoms with van der Waals surface area (Å²) in [6.45, 7) is 1.96. The molecule has 0 radical (unpaired) electrons. The first-order chi connectivity index (χ1) is 13.5. The summed E-state index contributed by atoms with van der Waals surface area (Å²) in [6.07, 6.45) is 4.91. The van der Waals surface area contributed by atoms with Gasteiger partial charge in [-0.3, -0.25) is 9.69 Å². The predicted octanol–water partition coefficient (Wildman–Crippen LogP) is 3.99. The zero-order valence-corrected chi connectivity index (χ0v) is 15.8. The molecule has 5 nitrogen and oxygen atoms in total.